The van der Waals surface area contributed by atoms with Crippen LogP contribution >= 0.6 is 24.8 Å². The van der Waals surface area contributed by atoms with Crippen LogP contribution in [0.15, 0.2) is 59.7 Å². The van der Waals surface area contributed by atoms with Crippen molar-refractivity contribution in [2.75, 3.05) is 13.1 Å². The average Bonchev–Trinajstić information content (AvgIpc) is 2.61. The van der Waals surface area contributed by atoms with E-state index in [0.717, 1.165) is 0 Å². The van der Waals surface area contributed by atoms with E-state index >= 15 is 0 Å². The summed E-state index contributed by atoms with van der Waals surface area (Å²) in [6, 6.07) is 12.4. The van der Waals surface area contributed by atoms with Gasteiger partial charge in [0.2, 0.25) is 0 Å². The minimum absolute atomic E-state index is 0.226. The number of piperidine rings is 1. The van der Waals surface area contributed by atoms with Crippen molar-refractivity contribution >= 4 is 47.1 Å². The van der Waals surface area contributed by atoms with Crippen LogP contribution in [0.3, 0.4) is 0 Å². The highest BCUT2D eigenvalue weighted by Crippen LogP contribution is 2.24. The molecule has 3 rings (SSSR count). The Kier molecular flexibility index (Phi) is 5.64. The van der Waals surface area contributed by atoms with Gasteiger partial charge in [0.15, 0.2) is 5.78 Å². The summed E-state index contributed by atoms with van der Waals surface area (Å²) in [6.07, 6.45) is 3.01. The summed E-state index contributed by atoms with van der Waals surface area (Å²) in [5, 5.41) is 0. The number of carbonyl (C=O) groups excluding carboxylic acids is 1. The van der Waals surface area contributed by atoms with E-state index < -0.39 is 11.6 Å². The van der Waals surface area contributed by atoms with Crippen LogP contribution in [-0.2, 0) is 4.79 Å². The molecular formula is C20H15F2NOS2. The molecule has 1 aliphatic rings. The fourth-order valence-corrected chi connectivity index (χ4v) is 3.00. The maximum Gasteiger partial charge on any atom is 0.188 e. The van der Waals surface area contributed by atoms with Crippen molar-refractivity contribution < 1.29 is 13.6 Å². The van der Waals surface area contributed by atoms with Crippen LogP contribution in [0.1, 0.15) is 11.1 Å². The van der Waals surface area contributed by atoms with Gasteiger partial charge in [-0.25, -0.2) is 8.78 Å². The Balaban J connectivity index is 2.04. The Morgan fingerprint density at radius 2 is 1.35 bits per heavy atom. The lowest BCUT2D eigenvalue weighted by molar-refractivity contribution is -0.113. The van der Waals surface area contributed by atoms with E-state index in [4.69, 9.17) is 12.2 Å². The second-order valence-electron chi connectivity index (χ2n) is 5.85. The number of nitrogens with zero attached hydrogens (tertiary/aromatic N) is 1. The predicted octanol–water partition coefficient (Wildman–Crippen LogP) is 4.53. The highest BCUT2D eigenvalue weighted by Gasteiger charge is 2.27. The fraction of sp³-hybridized carbons (Fsp3) is 0.100. The molecule has 2 nitrogen and oxygen atoms in total. The summed E-state index contributed by atoms with van der Waals surface area (Å²) in [7, 11) is 0. The van der Waals surface area contributed by atoms with E-state index in [9.17, 15) is 13.6 Å². The molecule has 0 aliphatic carbocycles. The molecule has 0 unspecified atom stereocenters. The molecule has 0 amide bonds. The van der Waals surface area contributed by atoms with Gasteiger partial charge in [0.25, 0.3) is 0 Å². The summed E-state index contributed by atoms with van der Waals surface area (Å²) < 4.78 is 28.2. The van der Waals surface area contributed by atoms with Gasteiger partial charge in [-0.3, -0.25) is 4.79 Å². The largest absolute Gasteiger partial charge is 0.349 e. The zero-order chi connectivity index (χ0) is 18.7. The molecule has 0 atom stereocenters. The number of Topliss-reactive ketones (excluding diaryl/α,β-unsaturated/α-hetero) is 1. The summed E-state index contributed by atoms with van der Waals surface area (Å²) in [5.41, 5.74) is 1.38. The van der Waals surface area contributed by atoms with Crippen molar-refractivity contribution in [1.82, 2.24) is 4.90 Å². The zero-order valence-corrected chi connectivity index (χ0v) is 15.4. The van der Waals surface area contributed by atoms with Crippen molar-refractivity contribution in [2.24, 2.45) is 0 Å². The predicted molar refractivity (Wildman–Crippen MR) is 107 cm³/mol. The molecule has 6 heteroatoms. The third-order valence-corrected chi connectivity index (χ3v) is 4.59. The lowest BCUT2D eigenvalue weighted by Gasteiger charge is -2.30. The topological polar surface area (TPSA) is 20.3 Å². The molecule has 1 saturated heterocycles. The van der Waals surface area contributed by atoms with Gasteiger partial charge >= 0.3 is 0 Å². The molecule has 1 heterocycles. The normalized spacial score (nSPS) is 17.8. The smallest absolute Gasteiger partial charge is 0.188 e. The molecule has 132 valence electrons. The lowest BCUT2D eigenvalue weighted by Crippen LogP contribution is -2.39. The third-order valence-electron chi connectivity index (χ3n) is 4.05. The van der Waals surface area contributed by atoms with Crippen LogP contribution in [0.2, 0.25) is 0 Å². The molecule has 0 N–H and O–H groups in total. The first kappa shape index (κ1) is 18.5. The Labute approximate surface area is 161 Å². The Hall–Kier alpha value is -2.31. The third kappa shape index (κ3) is 4.08. The maximum atomic E-state index is 13.9. The first-order chi connectivity index (χ1) is 12.5. The van der Waals surface area contributed by atoms with Gasteiger partial charge in [-0.1, -0.05) is 48.6 Å². The number of ketones is 1. The second-order valence-corrected chi connectivity index (χ2v) is 6.96. The molecule has 0 spiro atoms. The second kappa shape index (κ2) is 7.93. The maximum absolute atomic E-state index is 13.9. The van der Waals surface area contributed by atoms with Gasteiger partial charge in [0, 0.05) is 35.4 Å². The van der Waals surface area contributed by atoms with Crippen LogP contribution in [0.4, 0.5) is 8.78 Å². The van der Waals surface area contributed by atoms with Gasteiger partial charge in [0.1, 0.15) is 16.0 Å². The molecule has 2 aromatic carbocycles. The Morgan fingerprint density at radius 1 is 0.923 bits per heavy atom. The van der Waals surface area contributed by atoms with E-state index in [0.29, 0.717) is 26.6 Å². The quantitative estimate of drug-likeness (QED) is 0.464. The Morgan fingerprint density at radius 3 is 1.73 bits per heavy atom. The molecule has 0 aromatic heterocycles. The SMILES string of the molecule is O=C1/C(=C/c2ccccc2F)CN(C(=S)S)C/C1=C\c1ccccc1F. The summed E-state index contributed by atoms with van der Waals surface area (Å²) >= 11 is 9.31. The number of carbonyl (C=O) groups is 1. The van der Waals surface area contributed by atoms with Crippen LogP contribution in [0, 0.1) is 11.6 Å². The van der Waals surface area contributed by atoms with Crippen molar-refractivity contribution in [3.8, 4) is 0 Å². The molecule has 26 heavy (non-hydrogen) atoms. The molecule has 1 fully saturated rings. The number of hydrogen-bond acceptors (Lipinski definition) is 2. The minimum atomic E-state index is -0.419. The number of thiol groups is 1. The van der Waals surface area contributed by atoms with E-state index in [1.807, 2.05) is 0 Å². The molecule has 0 bridgehead atoms. The number of thiocarbonyl (C=S) groups is 1. The summed E-state index contributed by atoms with van der Waals surface area (Å²) in [5.74, 6) is -1.09. The van der Waals surface area contributed by atoms with E-state index in [-0.39, 0.29) is 18.9 Å². The molecule has 0 saturated carbocycles. The number of rotatable bonds is 2. The minimum Gasteiger partial charge on any atom is -0.349 e. The van der Waals surface area contributed by atoms with Gasteiger partial charge < -0.3 is 4.90 Å². The van der Waals surface area contributed by atoms with Crippen molar-refractivity contribution in [1.29, 1.82) is 0 Å². The molecule has 2 aromatic rings. The van der Waals surface area contributed by atoms with E-state index in [2.05, 4.69) is 12.6 Å². The van der Waals surface area contributed by atoms with Gasteiger partial charge in [-0.2, -0.15) is 0 Å². The highest BCUT2D eigenvalue weighted by atomic mass is 32.1. The monoisotopic (exact) mass is 387 g/mol. The van der Waals surface area contributed by atoms with Crippen molar-refractivity contribution in [3.63, 3.8) is 0 Å². The number of benzene rings is 2. The number of likely N-dealkylation sites (tertiary alicyclic amines) is 1. The number of halogens is 2. The standard InChI is InChI=1S/C20H15F2NOS2/c21-17-7-3-1-5-13(17)9-15-11-23(20(25)26)12-16(19(15)24)10-14-6-2-4-8-18(14)22/h1-10H,11-12H2,(H,25,26)/b15-9+,16-10+. The lowest BCUT2D eigenvalue weighted by atomic mass is 9.94. The molecular weight excluding hydrogens is 372 g/mol. The van der Waals surface area contributed by atoms with E-state index in [1.54, 1.807) is 41.3 Å². The molecule has 0 radical (unpaired) electrons. The highest BCUT2D eigenvalue weighted by molar-refractivity contribution is 8.10. The first-order valence-corrected chi connectivity index (χ1v) is 8.74. The average molecular weight is 387 g/mol. The van der Waals surface area contributed by atoms with Crippen LogP contribution in [0.5, 0.6) is 0 Å². The van der Waals surface area contributed by atoms with Crippen molar-refractivity contribution in [3.05, 3.63) is 82.4 Å². The van der Waals surface area contributed by atoms with Crippen LogP contribution in [0.25, 0.3) is 12.2 Å². The first-order valence-electron chi connectivity index (χ1n) is 7.88. The van der Waals surface area contributed by atoms with Gasteiger partial charge in [-0.15, -0.1) is 12.6 Å². The summed E-state index contributed by atoms with van der Waals surface area (Å²) in [6.45, 7) is 0.453. The Bertz CT molecular complexity index is 869. The van der Waals surface area contributed by atoms with Crippen LogP contribution in [-0.4, -0.2) is 28.1 Å². The number of hydrogen-bond donors (Lipinski definition) is 1. The molecule has 1 aliphatic heterocycles. The van der Waals surface area contributed by atoms with Gasteiger partial charge in [0.05, 0.1) is 0 Å². The van der Waals surface area contributed by atoms with Gasteiger partial charge in [-0.05, 0) is 24.3 Å². The van der Waals surface area contributed by atoms with E-state index in [1.165, 1.54) is 24.3 Å². The fourth-order valence-electron chi connectivity index (χ4n) is 2.73. The summed E-state index contributed by atoms with van der Waals surface area (Å²) in [4.78, 5) is 14.6. The zero-order valence-electron chi connectivity index (χ0n) is 13.7. The van der Waals surface area contributed by atoms with Crippen LogP contribution < -0.4 is 0 Å². The van der Waals surface area contributed by atoms with Crippen molar-refractivity contribution in [2.45, 2.75) is 0 Å².